The lowest BCUT2D eigenvalue weighted by atomic mass is 10.1. The molecule has 0 saturated heterocycles. The molecular weight excluding hydrogens is 245 g/mol. The van der Waals surface area contributed by atoms with Gasteiger partial charge in [0, 0.05) is 12.6 Å². The lowest BCUT2D eigenvalue weighted by Gasteiger charge is -2.05. The van der Waals surface area contributed by atoms with E-state index >= 15 is 0 Å². The third-order valence-corrected chi connectivity index (χ3v) is 2.97. The number of benzene rings is 1. The minimum Gasteiger partial charge on any atom is -0.382 e. The van der Waals surface area contributed by atoms with E-state index in [1.165, 1.54) is 12.1 Å². The van der Waals surface area contributed by atoms with E-state index in [0.29, 0.717) is 22.7 Å². The maximum Gasteiger partial charge on any atom is 0.178 e. The van der Waals surface area contributed by atoms with E-state index in [1.54, 1.807) is 23.9 Å². The van der Waals surface area contributed by atoms with E-state index in [9.17, 15) is 4.39 Å². The number of nitrogens with zero attached hydrogens (tertiary/aromatic N) is 4. The summed E-state index contributed by atoms with van der Waals surface area (Å²) >= 11 is 0. The van der Waals surface area contributed by atoms with Crippen molar-refractivity contribution in [3.05, 3.63) is 35.8 Å². The van der Waals surface area contributed by atoms with E-state index in [-0.39, 0.29) is 5.82 Å². The van der Waals surface area contributed by atoms with Crippen LogP contribution in [0.25, 0.3) is 22.4 Å². The fourth-order valence-electron chi connectivity index (χ4n) is 2.05. The van der Waals surface area contributed by atoms with Crippen LogP contribution >= 0.6 is 0 Å². The summed E-state index contributed by atoms with van der Waals surface area (Å²) in [5.74, 6) is 0.0102. The van der Waals surface area contributed by atoms with Crippen molar-refractivity contribution < 1.29 is 4.39 Å². The zero-order chi connectivity index (χ0) is 13.6. The molecule has 0 unspecified atom stereocenters. The summed E-state index contributed by atoms with van der Waals surface area (Å²) in [6.45, 7) is 1.86. The standard InChI is InChI=1S/C13H12FN5/c1-7-10-13(19(2)18-7)17-12(15)11(16-10)8-3-5-9(14)6-4-8/h3-6H,1-2H3,(H2,15,17). The molecule has 0 aliphatic rings. The molecular formula is C13H12FN5. The van der Waals surface area contributed by atoms with Crippen molar-refractivity contribution in [2.24, 2.45) is 7.05 Å². The van der Waals surface area contributed by atoms with E-state index in [0.717, 1.165) is 11.3 Å². The molecule has 0 fully saturated rings. The molecule has 0 amide bonds. The lowest BCUT2D eigenvalue weighted by molar-refractivity contribution is 0.628. The largest absolute Gasteiger partial charge is 0.382 e. The van der Waals surface area contributed by atoms with Crippen molar-refractivity contribution in [2.75, 3.05) is 5.73 Å². The van der Waals surface area contributed by atoms with Crippen LogP contribution in [0.4, 0.5) is 10.2 Å². The minimum absolute atomic E-state index is 0.297. The molecule has 2 N–H and O–H groups in total. The Morgan fingerprint density at radius 1 is 1.16 bits per heavy atom. The van der Waals surface area contributed by atoms with Crippen molar-refractivity contribution >= 4 is 17.0 Å². The van der Waals surface area contributed by atoms with Gasteiger partial charge in [-0.3, -0.25) is 0 Å². The Balaban J connectivity index is 2.26. The van der Waals surface area contributed by atoms with Crippen LogP contribution in [0.5, 0.6) is 0 Å². The van der Waals surface area contributed by atoms with Gasteiger partial charge in [0.25, 0.3) is 0 Å². The van der Waals surface area contributed by atoms with Crippen molar-refractivity contribution in [3.63, 3.8) is 0 Å². The highest BCUT2D eigenvalue weighted by Gasteiger charge is 2.13. The van der Waals surface area contributed by atoms with Gasteiger partial charge in [0.15, 0.2) is 11.5 Å². The van der Waals surface area contributed by atoms with Crippen molar-refractivity contribution in [1.82, 2.24) is 19.7 Å². The normalized spacial score (nSPS) is 11.1. The molecule has 2 heterocycles. The molecule has 0 aliphatic heterocycles. The average molecular weight is 257 g/mol. The van der Waals surface area contributed by atoms with Gasteiger partial charge in [0.05, 0.1) is 5.69 Å². The third kappa shape index (κ3) is 1.81. The molecule has 1 aromatic carbocycles. The van der Waals surface area contributed by atoms with E-state index in [2.05, 4.69) is 15.1 Å². The maximum absolute atomic E-state index is 12.9. The summed E-state index contributed by atoms with van der Waals surface area (Å²) in [4.78, 5) is 8.82. The minimum atomic E-state index is -0.297. The van der Waals surface area contributed by atoms with Crippen LogP contribution in [0.2, 0.25) is 0 Å². The second-order valence-corrected chi connectivity index (χ2v) is 4.35. The molecule has 96 valence electrons. The topological polar surface area (TPSA) is 69.6 Å². The molecule has 5 nitrogen and oxygen atoms in total. The molecule has 0 bridgehead atoms. The van der Waals surface area contributed by atoms with Gasteiger partial charge >= 0.3 is 0 Å². The zero-order valence-corrected chi connectivity index (χ0v) is 10.6. The van der Waals surface area contributed by atoms with Crippen LogP contribution in [0.3, 0.4) is 0 Å². The highest BCUT2D eigenvalue weighted by Crippen LogP contribution is 2.25. The molecule has 0 spiro atoms. The van der Waals surface area contributed by atoms with Gasteiger partial charge in [-0.1, -0.05) is 0 Å². The Kier molecular flexibility index (Phi) is 2.45. The Hall–Kier alpha value is -2.50. The number of hydrogen-bond donors (Lipinski definition) is 1. The quantitative estimate of drug-likeness (QED) is 0.724. The van der Waals surface area contributed by atoms with Crippen molar-refractivity contribution in [1.29, 1.82) is 0 Å². The number of nitrogen functional groups attached to an aromatic ring is 1. The number of halogens is 1. The SMILES string of the molecule is Cc1nn(C)c2nc(N)c(-c3ccc(F)cc3)nc12. The van der Waals surface area contributed by atoms with E-state index < -0.39 is 0 Å². The fraction of sp³-hybridized carbons (Fsp3) is 0.154. The van der Waals surface area contributed by atoms with Crippen LogP contribution in [0.1, 0.15) is 5.69 Å². The highest BCUT2D eigenvalue weighted by atomic mass is 19.1. The predicted molar refractivity (Wildman–Crippen MR) is 70.8 cm³/mol. The molecule has 19 heavy (non-hydrogen) atoms. The van der Waals surface area contributed by atoms with Crippen molar-refractivity contribution in [3.8, 4) is 11.3 Å². The maximum atomic E-state index is 12.9. The molecule has 3 rings (SSSR count). The monoisotopic (exact) mass is 257 g/mol. The number of rotatable bonds is 1. The molecule has 3 aromatic rings. The summed E-state index contributed by atoms with van der Waals surface area (Å²) in [5.41, 5.74) is 9.33. The number of hydrogen-bond acceptors (Lipinski definition) is 4. The third-order valence-electron chi connectivity index (χ3n) is 2.97. The summed E-state index contributed by atoms with van der Waals surface area (Å²) < 4.78 is 14.6. The molecule has 0 saturated carbocycles. The van der Waals surface area contributed by atoms with Crippen LogP contribution in [-0.2, 0) is 7.05 Å². The number of anilines is 1. The molecule has 0 atom stereocenters. The Morgan fingerprint density at radius 3 is 2.53 bits per heavy atom. The number of nitrogens with two attached hydrogens (primary N) is 1. The number of fused-ring (bicyclic) bond motifs is 1. The lowest BCUT2D eigenvalue weighted by Crippen LogP contribution is -2.00. The Bertz CT molecular complexity index is 761. The van der Waals surface area contributed by atoms with Gasteiger partial charge in [-0.15, -0.1) is 0 Å². The van der Waals surface area contributed by atoms with Crippen LogP contribution in [-0.4, -0.2) is 19.7 Å². The zero-order valence-electron chi connectivity index (χ0n) is 10.6. The van der Waals surface area contributed by atoms with Crippen LogP contribution in [0.15, 0.2) is 24.3 Å². The van der Waals surface area contributed by atoms with Gasteiger partial charge in [-0.2, -0.15) is 5.10 Å². The first-order chi connectivity index (χ1) is 9.06. The van der Waals surface area contributed by atoms with Crippen molar-refractivity contribution in [2.45, 2.75) is 6.92 Å². The van der Waals surface area contributed by atoms with Gasteiger partial charge in [0.1, 0.15) is 17.0 Å². The fourth-order valence-corrected chi connectivity index (χ4v) is 2.05. The average Bonchev–Trinajstić information content (AvgIpc) is 2.65. The van der Waals surface area contributed by atoms with Gasteiger partial charge in [-0.05, 0) is 31.2 Å². The first kappa shape index (κ1) is 11.6. The summed E-state index contributed by atoms with van der Waals surface area (Å²) in [6.07, 6.45) is 0. The highest BCUT2D eigenvalue weighted by molar-refractivity contribution is 5.81. The summed E-state index contributed by atoms with van der Waals surface area (Å²) in [5, 5.41) is 4.26. The molecule has 6 heteroatoms. The Morgan fingerprint density at radius 2 is 1.84 bits per heavy atom. The van der Waals surface area contributed by atoms with Crippen LogP contribution < -0.4 is 5.73 Å². The Labute approximate surface area is 108 Å². The summed E-state index contributed by atoms with van der Waals surface area (Å²) in [6, 6.07) is 6.01. The van der Waals surface area contributed by atoms with Gasteiger partial charge < -0.3 is 5.73 Å². The first-order valence-corrected chi connectivity index (χ1v) is 5.79. The smallest absolute Gasteiger partial charge is 0.178 e. The second-order valence-electron chi connectivity index (χ2n) is 4.35. The predicted octanol–water partition coefficient (Wildman–Crippen LogP) is 2.06. The van der Waals surface area contributed by atoms with Gasteiger partial charge in [0.2, 0.25) is 0 Å². The van der Waals surface area contributed by atoms with Gasteiger partial charge in [-0.25, -0.2) is 19.0 Å². The number of aromatic nitrogens is 4. The van der Waals surface area contributed by atoms with E-state index in [4.69, 9.17) is 5.73 Å². The first-order valence-electron chi connectivity index (χ1n) is 5.79. The summed E-state index contributed by atoms with van der Waals surface area (Å²) in [7, 11) is 1.79. The van der Waals surface area contributed by atoms with E-state index in [1.807, 2.05) is 6.92 Å². The number of aryl methyl sites for hydroxylation is 2. The second kappa shape index (κ2) is 4.01. The molecule has 0 aliphatic carbocycles. The molecule has 0 radical (unpaired) electrons. The van der Waals surface area contributed by atoms with Crippen LogP contribution in [0, 0.1) is 12.7 Å². The molecule has 2 aromatic heterocycles.